The highest BCUT2D eigenvalue weighted by Gasteiger charge is 2.42. The highest BCUT2D eigenvalue weighted by molar-refractivity contribution is 5.74. The first-order chi connectivity index (χ1) is 12.1. The molecule has 1 saturated carbocycles. The molecule has 2 rings (SSSR count). The van der Waals surface area contributed by atoms with Crippen LogP contribution in [0.3, 0.4) is 0 Å². The van der Waals surface area contributed by atoms with Crippen LogP contribution in [0.4, 0.5) is 26.7 Å². The third-order valence-electron chi connectivity index (χ3n) is 4.45. The van der Waals surface area contributed by atoms with Gasteiger partial charge in [0.05, 0.1) is 5.92 Å². The summed E-state index contributed by atoms with van der Waals surface area (Å²) in [5, 5.41) is 5.09. The van der Waals surface area contributed by atoms with E-state index in [0.29, 0.717) is 25.0 Å². The summed E-state index contributed by atoms with van der Waals surface area (Å²) in [7, 11) is 1.59. The normalized spacial score (nSPS) is 24.0. The number of amides is 2. The van der Waals surface area contributed by atoms with E-state index in [0.717, 1.165) is 0 Å². The molecule has 2 aliphatic rings. The van der Waals surface area contributed by atoms with Crippen LogP contribution in [0, 0.1) is 5.92 Å². The molecule has 148 valence electrons. The van der Waals surface area contributed by atoms with Crippen molar-refractivity contribution >= 4 is 6.03 Å². The van der Waals surface area contributed by atoms with E-state index in [9.17, 15) is 26.7 Å². The van der Waals surface area contributed by atoms with E-state index in [1.807, 2.05) is 0 Å². The molecule has 10 heteroatoms. The number of nitrogens with zero attached hydrogens (tertiary/aromatic N) is 1. The van der Waals surface area contributed by atoms with Crippen molar-refractivity contribution < 1.29 is 31.5 Å². The molecular formula is C16H22F5N3O2. The topological polar surface area (TPSA) is 53.6 Å². The Bertz CT molecular complexity index is 563. The number of halogens is 5. The average Bonchev–Trinajstić information content (AvgIpc) is 2.54. The molecule has 1 aliphatic heterocycles. The molecule has 1 aliphatic carbocycles. The predicted octanol–water partition coefficient (Wildman–Crippen LogP) is 3.36. The number of nitrogens with one attached hydrogen (secondary N) is 2. The molecule has 0 spiro atoms. The fourth-order valence-electron chi connectivity index (χ4n) is 3.05. The van der Waals surface area contributed by atoms with Gasteiger partial charge in [-0.1, -0.05) is 12.5 Å². The van der Waals surface area contributed by atoms with Crippen LogP contribution in [0.5, 0.6) is 0 Å². The first-order valence-corrected chi connectivity index (χ1v) is 8.33. The Kier molecular flexibility index (Phi) is 6.71. The minimum absolute atomic E-state index is 0.0139. The summed E-state index contributed by atoms with van der Waals surface area (Å²) < 4.78 is 67.4. The number of rotatable bonds is 5. The lowest BCUT2D eigenvalue weighted by Gasteiger charge is -2.31. The Hall–Kier alpha value is -2.00. The van der Waals surface area contributed by atoms with Gasteiger partial charge < -0.3 is 20.3 Å². The summed E-state index contributed by atoms with van der Waals surface area (Å²) in [5.74, 6) is -1.41. The summed E-state index contributed by atoms with van der Waals surface area (Å²) >= 11 is 0. The quantitative estimate of drug-likeness (QED) is 0.716. The van der Waals surface area contributed by atoms with Crippen LogP contribution in [0.15, 0.2) is 23.6 Å². The maximum atomic E-state index is 12.8. The molecule has 0 aromatic rings. The van der Waals surface area contributed by atoms with Gasteiger partial charge >= 0.3 is 18.8 Å². The van der Waals surface area contributed by atoms with Crippen molar-refractivity contribution in [2.75, 3.05) is 20.1 Å². The zero-order valence-corrected chi connectivity index (χ0v) is 14.3. The molecule has 2 N–H and O–H groups in total. The third-order valence-corrected chi connectivity index (χ3v) is 4.45. The molecule has 0 radical (unpaired) electrons. The SMILES string of the molecule is CN1CC=C(CNC(=O)N[C@@H]2CCC[C@H](C(F)(F)F)C2)C=C1OC(F)F. The number of likely N-dealkylation sites (N-methyl/N-ethyl adjacent to an activating group) is 1. The largest absolute Gasteiger partial charge is 0.419 e. The molecule has 26 heavy (non-hydrogen) atoms. The molecule has 2 amide bonds. The van der Waals surface area contributed by atoms with E-state index in [1.54, 1.807) is 13.1 Å². The molecule has 0 unspecified atom stereocenters. The van der Waals surface area contributed by atoms with Crippen molar-refractivity contribution in [1.29, 1.82) is 0 Å². The molecule has 5 nitrogen and oxygen atoms in total. The lowest BCUT2D eigenvalue weighted by Crippen LogP contribution is -2.46. The van der Waals surface area contributed by atoms with E-state index >= 15 is 0 Å². The van der Waals surface area contributed by atoms with Crippen molar-refractivity contribution in [2.24, 2.45) is 5.92 Å². The monoisotopic (exact) mass is 383 g/mol. The standard InChI is InChI=1S/C16H22F5N3O2/c1-24-6-5-10(7-13(24)26-14(17)18)9-22-15(25)23-12-4-2-3-11(8-12)16(19,20)21/h5,7,11-12,14H,2-4,6,8-9H2,1H3,(H2,22,23,25)/t11-,12+/m0/s1. The Balaban J connectivity index is 1.81. The van der Waals surface area contributed by atoms with Gasteiger partial charge in [-0.2, -0.15) is 22.0 Å². The van der Waals surface area contributed by atoms with Gasteiger partial charge in [0.1, 0.15) is 0 Å². The van der Waals surface area contributed by atoms with Crippen LogP contribution >= 0.6 is 0 Å². The van der Waals surface area contributed by atoms with Gasteiger partial charge in [-0.3, -0.25) is 0 Å². The Morgan fingerprint density at radius 2 is 2.12 bits per heavy atom. The van der Waals surface area contributed by atoms with Gasteiger partial charge in [-0.25, -0.2) is 4.79 Å². The minimum atomic E-state index is -4.25. The Morgan fingerprint density at radius 1 is 1.38 bits per heavy atom. The summed E-state index contributed by atoms with van der Waals surface area (Å²) in [6.45, 7) is -2.55. The average molecular weight is 383 g/mol. The number of ether oxygens (including phenoxy) is 1. The van der Waals surface area contributed by atoms with E-state index < -0.39 is 30.8 Å². The highest BCUT2D eigenvalue weighted by Crippen LogP contribution is 2.37. The predicted molar refractivity (Wildman–Crippen MR) is 84.2 cm³/mol. The fourth-order valence-corrected chi connectivity index (χ4v) is 3.05. The number of hydrogen-bond acceptors (Lipinski definition) is 3. The fraction of sp³-hybridized carbons (Fsp3) is 0.688. The zero-order valence-electron chi connectivity index (χ0n) is 14.3. The molecular weight excluding hydrogens is 361 g/mol. The second-order valence-corrected chi connectivity index (χ2v) is 6.45. The van der Waals surface area contributed by atoms with Crippen molar-refractivity contribution in [1.82, 2.24) is 15.5 Å². The van der Waals surface area contributed by atoms with Crippen LogP contribution in [-0.2, 0) is 4.74 Å². The number of hydrogen-bond donors (Lipinski definition) is 2. The van der Waals surface area contributed by atoms with Crippen LogP contribution in [-0.4, -0.2) is 49.9 Å². The third kappa shape index (κ3) is 6.06. The van der Waals surface area contributed by atoms with Crippen molar-refractivity contribution in [2.45, 2.75) is 44.5 Å². The summed E-state index contributed by atoms with van der Waals surface area (Å²) in [5.41, 5.74) is 0.575. The van der Waals surface area contributed by atoms with Gasteiger partial charge in [0.2, 0.25) is 0 Å². The molecule has 2 atom stereocenters. The van der Waals surface area contributed by atoms with Crippen LogP contribution in [0.1, 0.15) is 25.7 Å². The second kappa shape index (κ2) is 8.59. The lowest BCUT2D eigenvalue weighted by atomic mass is 9.85. The van der Waals surface area contributed by atoms with E-state index in [4.69, 9.17) is 0 Å². The van der Waals surface area contributed by atoms with E-state index in [1.165, 1.54) is 11.0 Å². The Labute approximate surface area is 148 Å². The van der Waals surface area contributed by atoms with Crippen molar-refractivity contribution in [3.8, 4) is 0 Å². The van der Waals surface area contributed by atoms with E-state index in [-0.39, 0.29) is 25.3 Å². The van der Waals surface area contributed by atoms with Crippen molar-refractivity contribution in [3.63, 3.8) is 0 Å². The lowest BCUT2D eigenvalue weighted by molar-refractivity contribution is -0.183. The Morgan fingerprint density at radius 3 is 2.77 bits per heavy atom. The summed E-state index contributed by atoms with van der Waals surface area (Å²) in [4.78, 5) is 13.4. The summed E-state index contributed by atoms with van der Waals surface area (Å²) in [6, 6.07) is -1.11. The summed E-state index contributed by atoms with van der Waals surface area (Å²) in [6.07, 6.45) is -0.266. The maximum Gasteiger partial charge on any atom is 0.391 e. The maximum absolute atomic E-state index is 12.8. The van der Waals surface area contributed by atoms with Gasteiger partial charge in [-0.05, 0) is 24.8 Å². The van der Waals surface area contributed by atoms with Gasteiger partial charge in [-0.15, -0.1) is 0 Å². The highest BCUT2D eigenvalue weighted by atomic mass is 19.4. The van der Waals surface area contributed by atoms with E-state index in [2.05, 4.69) is 15.4 Å². The molecule has 0 bridgehead atoms. The van der Waals surface area contributed by atoms with Gasteiger partial charge in [0.25, 0.3) is 0 Å². The first kappa shape index (κ1) is 20.3. The molecule has 0 aromatic heterocycles. The molecule has 1 fully saturated rings. The van der Waals surface area contributed by atoms with Gasteiger partial charge in [0, 0.05) is 32.3 Å². The number of alkyl halides is 5. The molecule has 1 heterocycles. The molecule has 0 aromatic carbocycles. The molecule has 0 saturated heterocycles. The number of carbonyl (C=O) groups is 1. The minimum Gasteiger partial charge on any atom is -0.419 e. The first-order valence-electron chi connectivity index (χ1n) is 8.33. The second-order valence-electron chi connectivity index (χ2n) is 6.45. The van der Waals surface area contributed by atoms with Crippen LogP contribution < -0.4 is 10.6 Å². The van der Waals surface area contributed by atoms with Crippen LogP contribution in [0.2, 0.25) is 0 Å². The number of urea groups is 1. The zero-order chi connectivity index (χ0) is 19.3. The smallest absolute Gasteiger partial charge is 0.391 e. The number of carbonyl (C=O) groups excluding carboxylic acids is 1. The van der Waals surface area contributed by atoms with Crippen LogP contribution in [0.25, 0.3) is 0 Å². The van der Waals surface area contributed by atoms with Gasteiger partial charge in [0.15, 0.2) is 5.88 Å². The van der Waals surface area contributed by atoms with Crippen molar-refractivity contribution in [3.05, 3.63) is 23.6 Å².